The summed E-state index contributed by atoms with van der Waals surface area (Å²) in [6.45, 7) is 5.82. The summed E-state index contributed by atoms with van der Waals surface area (Å²) < 4.78 is 0. The van der Waals surface area contributed by atoms with Gasteiger partial charge in [-0.3, -0.25) is 4.99 Å². The minimum Gasteiger partial charge on any atom is -0.356 e. The Balaban J connectivity index is 1.59. The van der Waals surface area contributed by atoms with Gasteiger partial charge in [-0.25, -0.2) is 4.98 Å². The first-order valence-electron chi connectivity index (χ1n) is 8.56. The largest absolute Gasteiger partial charge is 0.356 e. The van der Waals surface area contributed by atoms with Gasteiger partial charge in [0.2, 0.25) is 0 Å². The number of nitrogens with one attached hydrogen (secondary N) is 2. The Morgan fingerprint density at radius 2 is 1.96 bits per heavy atom. The van der Waals surface area contributed by atoms with Crippen LogP contribution in [0.5, 0.6) is 0 Å². The van der Waals surface area contributed by atoms with Gasteiger partial charge >= 0.3 is 0 Å². The van der Waals surface area contributed by atoms with E-state index < -0.39 is 0 Å². The van der Waals surface area contributed by atoms with Crippen LogP contribution in [0.15, 0.2) is 35.3 Å². The van der Waals surface area contributed by atoms with Crippen LogP contribution < -0.4 is 10.6 Å². The van der Waals surface area contributed by atoms with E-state index in [1.54, 1.807) is 11.3 Å². The normalized spacial score (nSPS) is 16.5. The van der Waals surface area contributed by atoms with Crippen LogP contribution >= 0.6 is 11.3 Å². The Kier molecular flexibility index (Phi) is 5.19. The second-order valence-corrected chi connectivity index (χ2v) is 7.81. The van der Waals surface area contributed by atoms with Crippen LogP contribution in [0.3, 0.4) is 0 Å². The fourth-order valence-electron chi connectivity index (χ4n) is 3.34. The van der Waals surface area contributed by atoms with Crippen molar-refractivity contribution in [2.24, 2.45) is 4.99 Å². The molecule has 2 N–H and O–H groups in total. The number of thiazole rings is 1. The molecular formula is C19H26N4S. The highest BCUT2D eigenvalue weighted by Gasteiger charge is 2.38. The molecule has 2 aromatic rings. The summed E-state index contributed by atoms with van der Waals surface area (Å²) >= 11 is 1.75. The van der Waals surface area contributed by atoms with Crippen molar-refractivity contribution in [3.63, 3.8) is 0 Å². The van der Waals surface area contributed by atoms with E-state index in [1.807, 2.05) is 7.05 Å². The zero-order valence-corrected chi connectivity index (χ0v) is 15.5. The Bertz CT molecular complexity index is 701. The monoisotopic (exact) mass is 342 g/mol. The van der Waals surface area contributed by atoms with E-state index in [4.69, 9.17) is 0 Å². The van der Waals surface area contributed by atoms with Crippen molar-refractivity contribution in [1.82, 2.24) is 15.6 Å². The van der Waals surface area contributed by atoms with Crippen molar-refractivity contribution < 1.29 is 0 Å². The van der Waals surface area contributed by atoms with E-state index in [-0.39, 0.29) is 5.41 Å². The summed E-state index contributed by atoms with van der Waals surface area (Å²) in [7, 11) is 1.83. The second kappa shape index (κ2) is 7.34. The molecule has 4 nitrogen and oxygen atoms in total. The number of hydrogen-bond donors (Lipinski definition) is 2. The first-order valence-corrected chi connectivity index (χ1v) is 9.37. The second-order valence-electron chi connectivity index (χ2n) is 6.52. The standard InChI is InChI=1S/C19H26N4S/c1-14-17(24-15(2)23-14)12-21-18(20-3)22-13-19(10-7-11-19)16-8-5-4-6-9-16/h4-6,8-9H,7,10-13H2,1-3H3,(H2,20,21,22). The topological polar surface area (TPSA) is 49.3 Å². The predicted octanol–water partition coefficient (Wildman–Crippen LogP) is 3.55. The van der Waals surface area contributed by atoms with Gasteiger partial charge in [-0.15, -0.1) is 11.3 Å². The molecule has 5 heteroatoms. The van der Waals surface area contributed by atoms with Crippen LogP contribution in [0.2, 0.25) is 0 Å². The van der Waals surface area contributed by atoms with Gasteiger partial charge < -0.3 is 10.6 Å². The van der Waals surface area contributed by atoms with E-state index in [1.165, 1.54) is 29.7 Å². The van der Waals surface area contributed by atoms with Crippen molar-refractivity contribution in [3.05, 3.63) is 51.5 Å². The minimum absolute atomic E-state index is 0.260. The number of nitrogens with zero attached hydrogens (tertiary/aromatic N) is 2. The van der Waals surface area contributed by atoms with Crippen molar-refractivity contribution in [1.29, 1.82) is 0 Å². The minimum atomic E-state index is 0.260. The molecular weight excluding hydrogens is 316 g/mol. The molecule has 1 aromatic carbocycles. The van der Waals surface area contributed by atoms with Crippen molar-refractivity contribution in [3.8, 4) is 0 Å². The zero-order chi connectivity index (χ0) is 17.0. The van der Waals surface area contributed by atoms with Crippen LogP contribution in [0.25, 0.3) is 0 Å². The lowest BCUT2D eigenvalue weighted by Gasteiger charge is -2.43. The molecule has 1 fully saturated rings. The van der Waals surface area contributed by atoms with Crippen LogP contribution in [0.1, 0.15) is 40.4 Å². The van der Waals surface area contributed by atoms with Gasteiger partial charge in [0.1, 0.15) is 0 Å². The predicted molar refractivity (Wildman–Crippen MR) is 102 cm³/mol. The molecule has 0 bridgehead atoms. The zero-order valence-electron chi connectivity index (χ0n) is 14.7. The van der Waals surface area contributed by atoms with E-state index in [2.05, 4.69) is 64.8 Å². The molecule has 1 heterocycles. The lowest BCUT2D eigenvalue weighted by atomic mass is 9.64. The van der Waals surface area contributed by atoms with E-state index in [9.17, 15) is 0 Å². The first-order chi connectivity index (χ1) is 11.6. The van der Waals surface area contributed by atoms with Gasteiger partial charge in [-0.05, 0) is 32.3 Å². The van der Waals surface area contributed by atoms with E-state index in [0.717, 1.165) is 29.8 Å². The Hall–Kier alpha value is -1.88. The third kappa shape index (κ3) is 3.61. The fourth-order valence-corrected chi connectivity index (χ4v) is 4.21. The summed E-state index contributed by atoms with van der Waals surface area (Å²) in [6, 6.07) is 10.9. The maximum absolute atomic E-state index is 4.48. The number of rotatable bonds is 5. The van der Waals surface area contributed by atoms with Gasteiger partial charge in [0.25, 0.3) is 0 Å². The third-order valence-electron chi connectivity index (χ3n) is 4.93. The van der Waals surface area contributed by atoms with Gasteiger partial charge in [-0.2, -0.15) is 0 Å². The Morgan fingerprint density at radius 1 is 1.21 bits per heavy atom. The smallest absolute Gasteiger partial charge is 0.191 e. The van der Waals surface area contributed by atoms with Crippen molar-refractivity contribution in [2.75, 3.05) is 13.6 Å². The maximum Gasteiger partial charge on any atom is 0.191 e. The molecule has 0 atom stereocenters. The summed E-state index contributed by atoms with van der Waals surface area (Å²) in [5.74, 6) is 0.864. The maximum atomic E-state index is 4.48. The Labute approximate surface area is 148 Å². The number of aromatic nitrogens is 1. The quantitative estimate of drug-likeness (QED) is 0.645. The lowest BCUT2D eigenvalue weighted by Crippen LogP contribution is -2.48. The lowest BCUT2D eigenvalue weighted by molar-refractivity contribution is 0.244. The van der Waals surface area contributed by atoms with E-state index in [0.29, 0.717) is 0 Å². The molecule has 0 unspecified atom stereocenters. The van der Waals surface area contributed by atoms with Crippen LogP contribution in [-0.2, 0) is 12.0 Å². The number of aryl methyl sites for hydroxylation is 2. The molecule has 128 valence electrons. The highest BCUT2D eigenvalue weighted by atomic mass is 32.1. The first kappa shape index (κ1) is 17.0. The molecule has 0 amide bonds. The molecule has 1 aliphatic carbocycles. The van der Waals surface area contributed by atoms with Gasteiger partial charge in [0.15, 0.2) is 5.96 Å². The highest BCUT2D eigenvalue weighted by molar-refractivity contribution is 7.11. The molecule has 3 rings (SSSR count). The van der Waals surface area contributed by atoms with Gasteiger partial charge in [0, 0.05) is 23.9 Å². The summed E-state index contributed by atoms with van der Waals surface area (Å²) in [5, 5.41) is 8.07. The molecule has 24 heavy (non-hydrogen) atoms. The molecule has 0 aliphatic heterocycles. The van der Waals surface area contributed by atoms with Gasteiger partial charge in [-0.1, -0.05) is 36.8 Å². The van der Waals surface area contributed by atoms with Crippen LogP contribution in [0, 0.1) is 13.8 Å². The van der Waals surface area contributed by atoms with E-state index >= 15 is 0 Å². The number of guanidine groups is 1. The van der Waals surface area contributed by atoms with Crippen molar-refractivity contribution in [2.45, 2.75) is 45.1 Å². The summed E-state index contributed by atoms with van der Waals surface area (Å²) in [6.07, 6.45) is 3.80. The SMILES string of the molecule is CN=C(NCc1sc(C)nc1C)NCC1(c2ccccc2)CCC1. The summed E-state index contributed by atoms with van der Waals surface area (Å²) in [4.78, 5) is 10.1. The molecule has 1 saturated carbocycles. The van der Waals surface area contributed by atoms with Crippen molar-refractivity contribution >= 4 is 17.3 Å². The Morgan fingerprint density at radius 3 is 2.50 bits per heavy atom. The molecule has 0 radical (unpaired) electrons. The fraction of sp³-hybridized carbons (Fsp3) is 0.474. The highest BCUT2D eigenvalue weighted by Crippen LogP contribution is 2.43. The van der Waals surface area contributed by atoms with Crippen LogP contribution in [0.4, 0.5) is 0 Å². The average Bonchev–Trinajstić information content (AvgIpc) is 2.88. The molecule has 1 aromatic heterocycles. The third-order valence-corrected chi connectivity index (χ3v) is 6.00. The molecule has 1 aliphatic rings. The summed E-state index contributed by atoms with van der Waals surface area (Å²) in [5.41, 5.74) is 2.81. The molecule has 0 spiro atoms. The average molecular weight is 343 g/mol. The molecule has 0 saturated heterocycles. The number of hydrogen-bond acceptors (Lipinski definition) is 3. The number of benzene rings is 1. The number of aliphatic imine (C=N–C) groups is 1. The van der Waals surface area contributed by atoms with Gasteiger partial charge in [0.05, 0.1) is 17.2 Å². The van der Waals surface area contributed by atoms with Crippen LogP contribution in [-0.4, -0.2) is 24.5 Å².